The summed E-state index contributed by atoms with van der Waals surface area (Å²) in [7, 11) is -2.11. The SMILES string of the molecule is COc1cccc(OC2CCN(S(=O)(=O)c3ccc(F)c(Cl)c3)CC2)c1. The molecule has 0 aromatic heterocycles. The lowest BCUT2D eigenvalue weighted by atomic mass is 10.1. The zero-order valence-corrected chi connectivity index (χ0v) is 15.8. The predicted octanol–water partition coefficient (Wildman–Crippen LogP) is 3.72. The second-order valence-electron chi connectivity index (χ2n) is 5.98. The van der Waals surface area contributed by atoms with Gasteiger partial charge in [0, 0.05) is 19.2 Å². The van der Waals surface area contributed by atoms with Gasteiger partial charge in [-0.3, -0.25) is 0 Å². The number of hydrogen-bond donors (Lipinski definition) is 0. The smallest absolute Gasteiger partial charge is 0.243 e. The molecule has 26 heavy (non-hydrogen) atoms. The molecule has 1 aliphatic heterocycles. The number of piperidine rings is 1. The standard InChI is InChI=1S/C18H19ClFNO4S/c1-24-14-3-2-4-15(11-14)25-13-7-9-21(10-8-13)26(22,23)16-5-6-18(20)17(19)12-16/h2-6,11-13H,7-10H2,1H3. The van der Waals surface area contributed by atoms with Crippen LogP contribution in [0.3, 0.4) is 0 Å². The maximum Gasteiger partial charge on any atom is 0.243 e. The normalized spacial score (nSPS) is 16.4. The monoisotopic (exact) mass is 399 g/mol. The molecule has 0 bridgehead atoms. The van der Waals surface area contributed by atoms with Gasteiger partial charge in [0.2, 0.25) is 10.0 Å². The van der Waals surface area contributed by atoms with Crippen molar-refractivity contribution in [3.05, 3.63) is 53.3 Å². The molecule has 140 valence electrons. The van der Waals surface area contributed by atoms with Gasteiger partial charge < -0.3 is 9.47 Å². The summed E-state index contributed by atoms with van der Waals surface area (Å²) in [5.41, 5.74) is 0. The Labute approximate surface area is 157 Å². The van der Waals surface area contributed by atoms with E-state index >= 15 is 0 Å². The molecule has 2 aromatic rings. The second-order valence-corrected chi connectivity index (χ2v) is 8.32. The maximum absolute atomic E-state index is 13.3. The van der Waals surface area contributed by atoms with Crippen LogP contribution >= 0.6 is 11.6 Å². The molecule has 0 unspecified atom stereocenters. The lowest BCUT2D eigenvalue weighted by Crippen LogP contribution is -2.41. The number of hydrogen-bond acceptors (Lipinski definition) is 4. The van der Waals surface area contributed by atoms with E-state index in [9.17, 15) is 12.8 Å². The minimum absolute atomic E-state index is 0.00364. The van der Waals surface area contributed by atoms with E-state index in [0.717, 1.165) is 12.1 Å². The predicted molar refractivity (Wildman–Crippen MR) is 96.8 cm³/mol. The summed E-state index contributed by atoms with van der Waals surface area (Å²) in [5.74, 6) is 0.752. The Morgan fingerprint density at radius 1 is 1.12 bits per heavy atom. The van der Waals surface area contributed by atoms with Gasteiger partial charge in [0.15, 0.2) is 0 Å². The number of rotatable bonds is 5. The van der Waals surface area contributed by atoms with Crippen molar-refractivity contribution in [3.8, 4) is 11.5 Å². The van der Waals surface area contributed by atoms with Crippen molar-refractivity contribution in [1.82, 2.24) is 4.31 Å². The van der Waals surface area contributed by atoms with E-state index in [1.54, 1.807) is 13.2 Å². The third-order valence-electron chi connectivity index (χ3n) is 4.27. The van der Waals surface area contributed by atoms with Crippen molar-refractivity contribution >= 4 is 21.6 Å². The highest BCUT2D eigenvalue weighted by Gasteiger charge is 2.30. The summed E-state index contributed by atoms with van der Waals surface area (Å²) >= 11 is 5.71. The van der Waals surface area contributed by atoms with Crippen LogP contribution in [0.25, 0.3) is 0 Å². The average Bonchev–Trinajstić information content (AvgIpc) is 2.64. The molecular formula is C18H19ClFNO4S. The van der Waals surface area contributed by atoms with Crippen molar-refractivity contribution in [1.29, 1.82) is 0 Å². The molecule has 2 aromatic carbocycles. The first-order valence-electron chi connectivity index (χ1n) is 8.16. The van der Waals surface area contributed by atoms with Gasteiger partial charge in [-0.25, -0.2) is 12.8 Å². The zero-order valence-electron chi connectivity index (χ0n) is 14.2. The number of sulfonamides is 1. The highest BCUT2D eigenvalue weighted by Crippen LogP contribution is 2.27. The van der Waals surface area contributed by atoms with Crippen LogP contribution in [0.1, 0.15) is 12.8 Å². The molecule has 0 N–H and O–H groups in total. The summed E-state index contributed by atoms with van der Waals surface area (Å²) in [5, 5.41) is -0.206. The van der Waals surface area contributed by atoms with E-state index in [2.05, 4.69) is 0 Å². The third-order valence-corrected chi connectivity index (χ3v) is 6.46. The fourth-order valence-electron chi connectivity index (χ4n) is 2.84. The van der Waals surface area contributed by atoms with E-state index in [4.69, 9.17) is 21.1 Å². The Kier molecular flexibility index (Phi) is 5.70. The molecule has 1 heterocycles. The van der Waals surface area contributed by atoms with E-state index in [1.807, 2.05) is 18.2 Å². The van der Waals surface area contributed by atoms with Crippen LogP contribution in [0.15, 0.2) is 47.4 Å². The topological polar surface area (TPSA) is 55.8 Å². The minimum Gasteiger partial charge on any atom is -0.497 e. The molecule has 5 nitrogen and oxygen atoms in total. The van der Waals surface area contributed by atoms with Crippen molar-refractivity contribution in [3.63, 3.8) is 0 Å². The molecule has 0 aliphatic carbocycles. The van der Waals surface area contributed by atoms with E-state index in [-0.39, 0.29) is 16.0 Å². The van der Waals surface area contributed by atoms with E-state index < -0.39 is 15.8 Å². The van der Waals surface area contributed by atoms with Crippen LogP contribution < -0.4 is 9.47 Å². The summed E-state index contributed by atoms with van der Waals surface area (Å²) in [6.45, 7) is 0.651. The second kappa shape index (κ2) is 7.82. The van der Waals surface area contributed by atoms with Crippen LogP contribution in [0, 0.1) is 5.82 Å². The van der Waals surface area contributed by atoms with Crippen LogP contribution in [0.2, 0.25) is 5.02 Å². The Balaban J connectivity index is 1.64. The van der Waals surface area contributed by atoms with Crippen molar-refractivity contribution < 1.29 is 22.3 Å². The van der Waals surface area contributed by atoms with Crippen LogP contribution in [0.5, 0.6) is 11.5 Å². The fraction of sp³-hybridized carbons (Fsp3) is 0.333. The average molecular weight is 400 g/mol. The Hall–Kier alpha value is -1.83. The maximum atomic E-state index is 13.3. The van der Waals surface area contributed by atoms with Crippen molar-refractivity contribution in [2.45, 2.75) is 23.8 Å². The largest absolute Gasteiger partial charge is 0.497 e. The van der Waals surface area contributed by atoms with Crippen LogP contribution in [-0.2, 0) is 10.0 Å². The third kappa shape index (κ3) is 4.11. The Morgan fingerprint density at radius 3 is 2.46 bits per heavy atom. The molecule has 0 radical (unpaired) electrons. The summed E-state index contributed by atoms with van der Waals surface area (Å²) < 4.78 is 51.1. The molecule has 1 aliphatic rings. The summed E-state index contributed by atoms with van der Waals surface area (Å²) in [6.07, 6.45) is 1.04. The number of benzene rings is 2. The quantitative estimate of drug-likeness (QED) is 0.768. The van der Waals surface area contributed by atoms with Gasteiger partial charge >= 0.3 is 0 Å². The highest BCUT2D eigenvalue weighted by atomic mass is 35.5. The first-order chi connectivity index (χ1) is 12.4. The van der Waals surface area contributed by atoms with Crippen LogP contribution in [0.4, 0.5) is 4.39 Å². The molecule has 0 atom stereocenters. The fourth-order valence-corrected chi connectivity index (χ4v) is 4.59. The molecule has 0 spiro atoms. The minimum atomic E-state index is -3.70. The summed E-state index contributed by atoms with van der Waals surface area (Å²) in [6, 6.07) is 10.7. The van der Waals surface area contributed by atoms with Gasteiger partial charge in [-0.2, -0.15) is 4.31 Å². The molecule has 8 heteroatoms. The number of nitrogens with zero attached hydrogens (tertiary/aromatic N) is 1. The Morgan fingerprint density at radius 2 is 1.81 bits per heavy atom. The lowest BCUT2D eigenvalue weighted by molar-refractivity contribution is 0.135. The molecule has 3 rings (SSSR count). The van der Waals surface area contributed by atoms with E-state index in [1.165, 1.54) is 10.4 Å². The Bertz CT molecular complexity index is 883. The number of ether oxygens (including phenoxy) is 2. The van der Waals surface area contributed by atoms with E-state index in [0.29, 0.717) is 37.4 Å². The van der Waals surface area contributed by atoms with Gasteiger partial charge in [0.1, 0.15) is 23.4 Å². The van der Waals surface area contributed by atoms with Gasteiger partial charge in [0.05, 0.1) is 17.0 Å². The van der Waals surface area contributed by atoms with Gasteiger partial charge in [-0.05, 0) is 43.2 Å². The lowest BCUT2D eigenvalue weighted by Gasteiger charge is -2.31. The molecule has 0 amide bonds. The molecule has 1 fully saturated rings. The van der Waals surface area contributed by atoms with Crippen LogP contribution in [-0.4, -0.2) is 39.0 Å². The van der Waals surface area contributed by atoms with Crippen molar-refractivity contribution in [2.75, 3.05) is 20.2 Å². The zero-order chi connectivity index (χ0) is 18.7. The van der Waals surface area contributed by atoms with Gasteiger partial charge in [0.25, 0.3) is 0 Å². The first-order valence-corrected chi connectivity index (χ1v) is 9.98. The molecular weight excluding hydrogens is 381 g/mol. The number of methoxy groups -OCH3 is 1. The first kappa shape index (κ1) is 18.9. The summed E-state index contributed by atoms with van der Waals surface area (Å²) in [4.78, 5) is -0.00364. The molecule has 1 saturated heterocycles. The van der Waals surface area contributed by atoms with Gasteiger partial charge in [-0.1, -0.05) is 17.7 Å². The van der Waals surface area contributed by atoms with Crippen molar-refractivity contribution in [2.24, 2.45) is 0 Å². The molecule has 0 saturated carbocycles. The number of halogens is 2. The van der Waals surface area contributed by atoms with Gasteiger partial charge in [-0.15, -0.1) is 0 Å². The highest BCUT2D eigenvalue weighted by molar-refractivity contribution is 7.89.